The summed E-state index contributed by atoms with van der Waals surface area (Å²) in [5, 5.41) is 3.94. The van der Waals surface area contributed by atoms with Gasteiger partial charge in [-0.2, -0.15) is 0 Å². The van der Waals surface area contributed by atoms with Crippen LogP contribution in [-0.4, -0.2) is 50.3 Å². The van der Waals surface area contributed by atoms with E-state index in [0.29, 0.717) is 0 Å². The lowest BCUT2D eigenvalue weighted by molar-refractivity contribution is 0.259. The number of urea groups is 1. The first-order chi connectivity index (χ1) is 16.7. The zero-order valence-electron chi connectivity index (χ0n) is 19.7. The summed E-state index contributed by atoms with van der Waals surface area (Å²) in [5.41, 5.74) is 8.97. The van der Waals surface area contributed by atoms with Crippen LogP contribution in [0, 0.1) is 0 Å². The van der Waals surface area contributed by atoms with Crippen LogP contribution in [-0.2, 0) is 12.8 Å². The highest BCUT2D eigenvalue weighted by atomic mass is 32.1. The van der Waals surface area contributed by atoms with E-state index in [1.165, 1.54) is 27.2 Å². The third-order valence-corrected chi connectivity index (χ3v) is 8.12. The summed E-state index contributed by atoms with van der Waals surface area (Å²) in [6, 6.07) is 14.3. The predicted octanol–water partition coefficient (Wildman–Crippen LogP) is 5.25. The molecule has 5 rings (SSSR count). The maximum Gasteiger partial charge on any atom is 0.316 e. The van der Waals surface area contributed by atoms with Crippen LogP contribution in [0.1, 0.15) is 36.1 Å². The average molecular weight is 479 g/mol. The Hall–Kier alpha value is -2.77. The second-order valence-electron chi connectivity index (χ2n) is 9.24. The molecule has 3 heterocycles. The van der Waals surface area contributed by atoms with Gasteiger partial charge in [0.25, 0.3) is 0 Å². The van der Waals surface area contributed by atoms with Gasteiger partial charge < -0.3 is 25.6 Å². The van der Waals surface area contributed by atoms with E-state index in [9.17, 15) is 4.79 Å². The number of amides is 2. The second kappa shape index (κ2) is 10.7. The van der Waals surface area contributed by atoms with Gasteiger partial charge in [-0.1, -0.05) is 30.3 Å². The number of hydrogen-bond donors (Lipinski definition) is 2. The number of nitrogens with two attached hydrogens (primary N) is 1. The number of primary amides is 1. The van der Waals surface area contributed by atoms with Crippen molar-refractivity contribution in [1.82, 2.24) is 4.90 Å². The number of aryl methyl sites for hydroxylation is 2. The number of nitrogens with zero attached hydrogens (tertiary/aromatic N) is 2. The van der Waals surface area contributed by atoms with Gasteiger partial charge in [-0.15, -0.1) is 11.3 Å². The van der Waals surface area contributed by atoms with Crippen LogP contribution in [0.4, 0.5) is 16.2 Å². The van der Waals surface area contributed by atoms with E-state index in [0.717, 1.165) is 88.3 Å². The molecule has 2 aromatic carbocycles. The fourth-order valence-corrected chi connectivity index (χ4v) is 6.41. The van der Waals surface area contributed by atoms with Gasteiger partial charge in [-0.05, 0) is 69.3 Å². The van der Waals surface area contributed by atoms with E-state index in [-0.39, 0.29) is 0 Å². The highest BCUT2D eigenvalue weighted by molar-refractivity contribution is 7.19. The number of ether oxygens (including phenoxy) is 1. The van der Waals surface area contributed by atoms with Crippen molar-refractivity contribution in [2.24, 2.45) is 5.73 Å². The number of nitrogens with one attached hydrogen (secondary N) is 1. The smallest absolute Gasteiger partial charge is 0.316 e. The van der Waals surface area contributed by atoms with Gasteiger partial charge in [-0.25, -0.2) is 4.79 Å². The Labute approximate surface area is 205 Å². The molecule has 1 fully saturated rings. The standard InChI is InChI=1S/C27H34N4O2S/c28-27(32)29-25-21-10-1-2-12-23(21)34-24(25)13-3-4-14-30-15-7-16-31(18-17-30)22-11-5-8-20-9-6-19-33-26(20)22/h1-2,5,8,10-12H,3-4,6-7,9,13-19H2,(H3,28,29,32). The third-order valence-electron chi connectivity index (χ3n) is 6.89. The van der Waals surface area contributed by atoms with Crippen LogP contribution in [0.2, 0.25) is 0 Å². The summed E-state index contributed by atoms with van der Waals surface area (Å²) in [6.07, 6.45) is 6.62. The fraction of sp³-hybridized carbons (Fsp3) is 0.444. The Bertz CT molecular complexity index is 1140. The van der Waals surface area contributed by atoms with Crippen molar-refractivity contribution in [1.29, 1.82) is 0 Å². The molecule has 0 bridgehead atoms. The number of para-hydroxylation sites is 1. The molecule has 0 atom stereocenters. The molecule has 2 aliphatic heterocycles. The van der Waals surface area contributed by atoms with Gasteiger partial charge in [0.15, 0.2) is 0 Å². The second-order valence-corrected chi connectivity index (χ2v) is 10.4. The molecule has 180 valence electrons. The number of benzene rings is 2. The lowest BCUT2D eigenvalue weighted by atomic mass is 10.0. The largest absolute Gasteiger partial charge is 0.491 e. The first-order valence-electron chi connectivity index (χ1n) is 12.5. The number of rotatable bonds is 7. The molecule has 0 saturated carbocycles. The SMILES string of the molecule is NC(=O)Nc1c(CCCCN2CCCN(c3cccc4c3OCCC4)CC2)sc2ccccc12. The minimum absolute atomic E-state index is 0.496. The molecule has 3 aromatic rings. The topological polar surface area (TPSA) is 70.8 Å². The molecule has 6 nitrogen and oxygen atoms in total. The molecule has 2 aliphatic rings. The van der Waals surface area contributed by atoms with E-state index in [1.807, 2.05) is 12.1 Å². The van der Waals surface area contributed by atoms with E-state index in [1.54, 1.807) is 11.3 Å². The molecule has 2 amide bonds. The van der Waals surface area contributed by atoms with Crippen LogP contribution < -0.4 is 20.7 Å². The van der Waals surface area contributed by atoms with Crippen molar-refractivity contribution in [3.8, 4) is 5.75 Å². The first-order valence-corrected chi connectivity index (χ1v) is 13.3. The van der Waals surface area contributed by atoms with Crippen molar-refractivity contribution in [3.05, 3.63) is 52.9 Å². The summed E-state index contributed by atoms with van der Waals surface area (Å²) in [5.74, 6) is 1.12. The Balaban J connectivity index is 1.15. The Morgan fingerprint density at radius 1 is 1.03 bits per heavy atom. The number of carbonyl (C=O) groups is 1. The van der Waals surface area contributed by atoms with Gasteiger partial charge in [-0.3, -0.25) is 0 Å². The van der Waals surface area contributed by atoms with Crippen LogP contribution in [0.25, 0.3) is 10.1 Å². The molecular weight excluding hydrogens is 444 g/mol. The average Bonchev–Trinajstić information content (AvgIpc) is 3.02. The monoisotopic (exact) mass is 478 g/mol. The lowest BCUT2D eigenvalue weighted by Gasteiger charge is -2.28. The van der Waals surface area contributed by atoms with E-state index >= 15 is 0 Å². The molecule has 0 unspecified atom stereocenters. The minimum Gasteiger partial charge on any atom is -0.491 e. The quantitative estimate of drug-likeness (QED) is 0.455. The van der Waals surface area contributed by atoms with Gasteiger partial charge in [0, 0.05) is 34.6 Å². The van der Waals surface area contributed by atoms with Crippen molar-refractivity contribution in [2.75, 3.05) is 49.5 Å². The lowest BCUT2D eigenvalue weighted by Crippen LogP contribution is -2.32. The molecule has 1 aromatic heterocycles. The van der Waals surface area contributed by atoms with Crippen molar-refractivity contribution < 1.29 is 9.53 Å². The third kappa shape index (κ3) is 5.15. The molecule has 0 radical (unpaired) electrons. The van der Waals surface area contributed by atoms with Crippen LogP contribution in [0.3, 0.4) is 0 Å². The number of hydrogen-bond acceptors (Lipinski definition) is 5. The Kier molecular flexibility index (Phi) is 7.21. The summed E-state index contributed by atoms with van der Waals surface area (Å²) >= 11 is 1.76. The normalized spacial score (nSPS) is 16.6. The zero-order valence-corrected chi connectivity index (χ0v) is 20.5. The van der Waals surface area contributed by atoms with E-state index < -0.39 is 6.03 Å². The minimum atomic E-state index is -0.496. The highest BCUT2D eigenvalue weighted by Crippen LogP contribution is 2.37. The molecule has 7 heteroatoms. The maximum absolute atomic E-state index is 11.5. The van der Waals surface area contributed by atoms with Crippen molar-refractivity contribution in [2.45, 2.75) is 38.5 Å². The fourth-order valence-electron chi connectivity index (χ4n) is 5.21. The van der Waals surface area contributed by atoms with Gasteiger partial charge in [0.2, 0.25) is 0 Å². The number of thiophene rings is 1. The zero-order chi connectivity index (χ0) is 23.3. The number of anilines is 2. The predicted molar refractivity (Wildman–Crippen MR) is 141 cm³/mol. The summed E-state index contributed by atoms with van der Waals surface area (Å²) in [7, 11) is 0. The Morgan fingerprint density at radius 3 is 2.85 bits per heavy atom. The van der Waals surface area contributed by atoms with E-state index in [2.05, 4.69) is 45.4 Å². The number of carbonyl (C=O) groups excluding carboxylic acids is 1. The molecular formula is C27H34N4O2S. The Morgan fingerprint density at radius 2 is 1.94 bits per heavy atom. The number of fused-ring (bicyclic) bond motifs is 2. The molecule has 34 heavy (non-hydrogen) atoms. The molecule has 3 N–H and O–H groups in total. The summed E-state index contributed by atoms with van der Waals surface area (Å²) < 4.78 is 7.26. The first kappa shape index (κ1) is 23.0. The van der Waals surface area contributed by atoms with E-state index in [4.69, 9.17) is 10.5 Å². The molecule has 0 aliphatic carbocycles. The number of unbranched alkanes of at least 4 members (excludes halogenated alkanes) is 1. The highest BCUT2D eigenvalue weighted by Gasteiger charge is 2.21. The van der Waals surface area contributed by atoms with Crippen molar-refractivity contribution >= 4 is 38.8 Å². The van der Waals surface area contributed by atoms with Crippen LogP contribution >= 0.6 is 11.3 Å². The van der Waals surface area contributed by atoms with Gasteiger partial charge >= 0.3 is 6.03 Å². The van der Waals surface area contributed by atoms with Crippen LogP contribution in [0.15, 0.2) is 42.5 Å². The van der Waals surface area contributed by atoms with Gasteiger partial charge in [0.05, 0.1) is 18.0 Å². The van der Waals surface area contributed by atoms with Gasteiger partial charge in [0.1, 0.15) is 5.75 Å². The van der Waals surface area contributed by atoms with Crippen molar-refractivity contribution in [3.63, 3.8) is 0 Å². The molecule has 1 saturated heterocycles. The summed E-state index contributed by atoms with van der Waals surface area (Å²) in [4.78, 5) is 17.9. The molecule has 0 spiro atoms. The van der Waals surface area contributed by atoms with Crippen LogP contribution in [0.5, 0.6) is 5.75 Å². The maximum atomic E-state index is 11.5. The summed E-state index contributed by atoms with van der Waals surface area (Å²) in [6.45, 7) is 6.30.